The standard InChI is InChI=1S/C37H33F8N3O6/c1-52-29-12-6-18(23-15-19(5-10-27(23)38)32(37(43,44)45)54-35(51)48-53-2)14-25(29)33(49)47-31-22-9-8-21(24(22)13-17-3-4-17)30(31)34(50)46-20-7-11-28(39)26(16-20)36(40,41)42/h5-7,10-17,21-22,30-32H,3-4,8-9H2,1-2H3,(H,46,50)(H,47,49)(H,48,51)/b24-13-/t21?,22?,30-,31?,32?/m0/s1. The van der Waals surface area contributed by atoms with Gasteiger partial charge in [-0.15, -0.1) is 0 Å². The third kappa shape index (κ3) is 8.00. The molecular formula is C37H33F8N3O6. The van der Waals surface area contributed by atoms with E-state index in [1.807, 2.05) is 0 Å². The van der Waals surface area contributed by atoms with Gasteiger partial charge in [-0.3, -0.25) is 14.4 Å². The van der Waals surface area contributed by atoms with Gasteiger partial charge >= 0.3 is 18.4 Å². The van der Waals surface area contributed by atoms with E-state index in [2.05, 4.69) is 26.3 Å². The number of hydroxylamine groups is 1. The molecule has 3 fully saturated rings. The molecule has 3 aromatic carbocycles. The SMILES string of the molecule is CONC(=O)OC(c1ccc(F)c(-c2ccc(OC)c(C(=O)NC3C4CCC(/C4=C/C4CC4)[C@@H]3C(=O)Nc3ccc(F)c(C(F)(F)F)c3)c2)c1)C(F)(F)F. The average Bonchev–Trinajstić information content (AvgIpc) is 3.79. The number of methoxy groups -OCH3 is 1. The third-order valence-electron chi connectivity index (χ3n) is 9.84. The Morgan fingerprint density at radius 1 is 0.852 bits per heavy atom. The summed E-state index contributed by atoms with van der Waals surface area (Å²) in [7, 11) is 2.24. The number of rotatable bonds is 10. The molecule has 6 rings (SSSR count). The summed E-state index contributed by atoms with van der Waals surface area (Å²) in [5.41, 5.74) is -0.489. The van der Waals surface area contributed by atoms with E-state index in [-0.39, 0.29) is 40.0 Å². The number of nitrogens with one attached hydrogen (secondary N) is 3. The summed E-state index contributed by atoms with van der Waals surface area (Å²) in [6.45, 7) is 0. The number of alkyl halides is 6. The number of fused-ring (bicyclic) bond motifs is 2. The zero-order valence-electron chi connectivity index (χ0n) is 28.5. The second-order valence-corrected chi connectivity index (χ2v) is 13.3. The number of hydrogen-bond donors (Lipinski definition) is 3. The van der Waals surface area contributed by atoms with E-state index in [1.54, 1.807) is 5.48 Å². The second-order valence-electron chi connectivity index (χ2n) is 13.3. The first-order valence-electron chi connectivity index (χ1n) is 16.7. The van der Waals surface area contributed by atoms with E-state index in [1.165, 1.54) is 25.3 Å². The maximum absolute atomic E-state index is 15.2. The molecule has 9 nitrogen and oxygen atoms in total. The number of anilines is 1. The number of benzene rings is 3. The first-order chi connectivity index (χ1) is 25.5. The summed E-state index contributed by atoms with van der Waals surface area (Å²) in [5.74, 6) is -5.21. The van der Waals surface area contributed by atoms with E-state index in [0.29, 0.717) is 30.9 Å². The number of ether oxygens (including phenoxy) is 2. The first kappa shape index (κ1) is 38.5. The van der Waals surface area contributed by atoms with Crippen molar-refractivity contribution in [3.63, 3.8) is 0 Å². The van der Waals surface area contributed by atoms with Crippen LogP contribution in [0.1, 0.15) is 53.3 Å². The summed E-state index contributed by atoms with van der Waals surface area (Å²) in [5, 5.41) is 5.35. The molecule has 3 aliphatic rings. The van der Waals surface area contributed by atoms with Crippen LogP contribution in [0.25, 0.3) is 11.1 Å². The Morgan fingerprint density at radius 3 is 2.20 bits per heavy atom. The Balaban J connectivity index is 1.31. The lowest BCUT2D eigenvalue weighted by molar-refractivity contribution is -0.208. The van der Waals surface area contributed by atoms with Crippen molar-refractivity contribution < 1.29 is 63.8 Å². The van der Waals surface area contributed by atoms with E-state index in [9.17, 15) is 45.1 Å². The van der Waals surface area contributed by atoms with Crippen molar-refractivity contribution >= 4 is 23.6 Å². The maximum Gasteiger partial charge on any atom is 0.432 e. The van der Waals surface area contributed by atoms with Crippen molar-refractivity contribution in [2.24, 2.45) is 23.7 Å². The van der Waals surface area contributed by atoms with Gasteiger partial charge in [0.15, 0.2) is 0 Å². The first-order valence-corrected chi connectivity index (χ1v) is 16.7. The lowest BCUT2D eigenvalue weighted by Crippen LogP contribution is -2.48. The Hall–Kier alpha value is -5.19. The van der Waals surface area contributed by atoms with Crippen LogP contribution in [-0.4, -0.2) is 44.3 Å². The number of carbonyl (C=O) groups is 3. The molecule has 2 bridgehead atoms. The quantitative estimate of drug-likeness (QED) is 0.109. The molecule has 0 aliphatic heterocycles. The van der Waals surface area contributed by atoms with E-state index < -0.39 is 71.1 Å². The van der Waals surface area contributed by atoms with Crippen LogP contribution < -0.4 is 20.9 Å². The van der Waals surface area contributed by atoms with Gasteiger partial charge in [0.2, 0.25) is 12.0 Å². The maximum atomic E-state index is 15.2. The van der Waals surface area contributed by atoms with Crippen LogP contribution in [0.5, 0.6) is 5.75 Å². The molecule has 17 heteroatoms. The largest absolute Gasteiger partial charge is 0.496 e. The minimum atomic E-state index is -5.11. The number of halogens is 8. The topological polar surface area (TPSA) is 115 Å². The second kappa shape index (κ2) is 14.9. The monoisotopic (exact) mass is 767 g/mol. The molecule has 0 aromatic heterocycles. The van der Waals surface area contributed by atoms with Crippen molar-refractivity contribution in [3.8, 4) is 16.9 Å². The highest BCUT2D eigenvalue weighted by molar-refractivity contribution is 6.00. The van der Waals surface area contributed by atoms with Crippen LogP contribution >= 0.6 is 0 Å². The fourth-order valence-electron chi connectivity index (χ4n) is 7.35. The van der Waals surface area contributed by atoms with Crippen molar-refractivity contribution in [3.05, 3.63) is 94.6 Å². The van der Waals surface area contributed by atoms with Crippen molar-refractivity contribution in [1.82, 2.24) is 10.8 Å². The van der Waals surface area contributed by atoms with Crippen LogP contribution in [0.4, 0.5) is 45.6 Å². The molecular weight excluding hydrogens is 734 g/mol. The zero-order valence-corrected chi connectivity index (χ0v) is 28.5. The molecule has 3 amide bonds. The van der Waals surface area contributed by atoms with Crippen LogP contribution in [-0.2, 0) is 20.5 Å². The number of amides is 3. The fraction of sp³-hybridized carbons (Fsp3) is 0.378. The number of hydrogen-bond acceptors (Lipinski definition) is 6. The lowest BCUT2D eigenvalue weighted by Gasteiger charge is -2.30. The molecule has 4 unspecified atom stereocenters. The summed E-state index contributed by atoms with van der Waals surface area (Å²) in [6, 6.07) is 7.41. The van der Waals surface area contributed by atoms with Gasteiger partial charge in [0.25, 0.3) is 5.91 Å². The minimum absolute atomic E-state index is 0.00412. The smallest absolute Gasteiger partial charge is 0.432 e. The molecule has 3 aromatic rings. The Labute approximate surface area is 303 Å². The molecule has 0 heterocycles. The minimum Gasteiger partial charge on any atom is -0.496 e. The molecule has 3 N–H and O–H groups in total. The van der Waals surface area contributed by atoms with Crippen molar-refractivity contribution in [2.75, 3.05) is 19.5 Å². The highest BCUT2D eigenvalue weighted by Gasteiger charge is 2.55. The molecule has 5 atom stereocenters. The van der Waals surface area contributed by atoms with Crippen molar-refractivity contribution in [1.29, 1.82) is 0 Å². The number of allylic oxidation sites excluding steroid dienone is 1. The Kier molecular flexibility index (Phi) is 10.6. The number of carbonyl (C=O) groups excluding carboxylic acids is 3. The van der Waals surface area contributed by atoms with Gasteiger partial charge in [0, 0.05) is 28.8 Å². The summed E-state index contributed by atoms with van der Waals surface area (Å²) >= 11 is 0. The summed E-state index contributed by atoms with van der Waals surface area (Å²) in [4.78, 5) is 44.0. The third-order valence-corrected chi connectivity index (χ3v) is 9.84. The average molecular weight is 768 g/mol. The highest BCUT2D eigenvalue weighted by atomic mass is 19.4. The van der Waals surface area contributed by atoms with Crippen LogP contribution in [0.2, 0.25) is 0 Å². The van der Waals surface area contributed by atoms with Gasteiger partial charge in [-0.1, -0.05) is 23.8 Å². The fourth-order valence-corrected chi connectivity index (χ4v) is 7.35. The molecule has 54 heavy (non-hydrogen) atoms. The molecule has 0 saturated heterocycles. The summed E-state index contributed by atoms with van der Waals surface area (Å²) < 4.78 is 121. The Bertz CT molecular complexity index is 1980. The molecule has 3 aliphatic carbocycles. The van der Waals surface area contributed by atoms with E-state index >= 15 is 4.39 Å². The van der Waals surface area contributed by atoms with Crippen molar-refractivity contribution in [2.45, 2.75) is 50.2 Å². The predicted octanol–water partition coefficient (Wildman–Crippen LogP) is 8.28. The highest BCUT2D eigenvalue weighted by Crippen LogP contribution is 2.54. The molecule has 0 spiro atoms. The molecule has 0 radical (unpaired) electrons. The zero-order chi connectivity index (χ0) is 39.1. The summed E-state index contributed by atoms with van der Waals surface area (Å²) in [6.07, 6.45) is -9.33. The van der Waals surface area contributed by atoms with Crippen LogP contribution in [0.15, 0.2) is 66.2 Å². The molecule has 3 saturated carbocycles. The van der Waals surface area contributed by atoms with E-state index in [0.717, 1.165) is 49.8 Å². The van der Waals surface area contributed by atoms with E-state index in [4.69, 9.17) is 4.74 Å². The van der Waals surface area contributed by atoms with Gasteiger partial charge in [-0.25, -0.2) is 13.6 Å². The predicted molar refractivity (Wildman–Crippen MR) is 176 cm³/mol. The molecule has 288 valence electrons. The van der Waals surface area contributed by atoms with Gasteiger partial charge in [-0.2, -0.15) is 31.8 Å². The van der Waals surface area contributed by atoms with Gasteiger partial charge in [0.05, 0.1) is 31.3 Å². The van der Waals surface area contributed by atoms with Crippen LogP contribution in [0.3, 0.4) is 0 Å². The van der Waals surface area contributed by atoms with Crippen LogP contribution in [0, 0.1) is 35.3 Å². The Morgan fingerprint density at radius 2 is 1.56 bits per heavy atom. The lowest BCUT2D eigenvalue weighted by atomic mass is 9.83. The van der Waals surface area contributed by atoms with Gasteiger partial charge in [0.1, 0.15) is 17.4 Å². The van der Waals surface area contributed by atoms with Gasteiger partial charge < -0.3 is 20.1 Å². The van der Waals surface area contributed by atoms with Gasteiger partial charge in [-0.05, 0) is 85.5 Å². The normalized spacial score (nSPS) is 22.1.